The maximum absolute atomic E-state index is 11.2. The molecule has 0 fully saturated rings. The predicted octanol–water partition coefficient (Wildman–Crippen LogP) is 6.38. The number of benzene rings is 2. The summed E-state index contributed by atoms with van der Waals surface area (Å²) in [5.74, 6) is 0.412. The molecule has 0 aromatic heterocycles. The van der Waals surface area contributed by atoms with Crippen LogP contribution in [0.3, 0.4) is 0 Å². The van der Waals surface area contributed by atoms with Gasteiger partial charge in [0.2, 0.25) is 0 Å². The largest absolute Gasteiger partial charge is 0.376 e. The molecule has 0 saturated heterocycles. The fraction of sp³-hybridized carbons (Fsp3) is 0.222. The lowest BCUT2D eigenvalue weighted by Gasteiger charge is -2.38. The quantitative estimate of drug-likeness (QED) is 0.364. The van der Waals surface area contributed by atoms with Crippen LogP contribution in [-0.2, 0) is 0 Å². The Morgan fingerprint density at radius 1 is 1.12 bits per heavy atom. The highest BCUT2D eigenvalue weighted by Gasteiger charge is 2.39. The Morgan fingerprint density at radius 3 is 2.68 bits per heavy atom. The van der Waals surface area contributed by atoms with Gasteiger partial charge in [0.05, 0.1) is 21.7 Å². The SMILES string of the molecule is O=[N+]([O-])c1cc([C@@H]2Nc3c(Cl)cc(Cl)cc3[C@@H]3C=CC[C@H]32)ccc1Cl. The molecule has 1 aliphatic heterocycles. The van der Waals surface area contributed by atoms with Crippen LogP contribution in [0, 0.1) is 16.0 Å². The molecule has 3 atom stereocenters. The fourth-order valence-corrected chi connectivity index (χ4v) is 4.56. The van der Waals surface area contributed by atoms with Crippen LogP contribution in [0.2, 0.25) is 15.1 Å². The van der Waals surface area contributed by atoms with Crippen molar-refractivity contribution in [3.05, 3.63) is 78.8 Å². The molecule has 0 radical (unpaired) electrons. The van der Waals surface area contributed by atoms with E-state index >= 15 is 0 Å². The molecular formula is C18H13Cl3N2O2. The number of nitrogens with zero attached hydrogens (tertiary/aromatic N) is 1. The van der Waals surface area contributed by atoms with Crippen molar-refractivity contribution in [2.75, 3.05) is 5.32 Å². The van der Waals surface area contributed by atoms with Gasteiger partial charge in [0.25, 0.3) is 5.69 Å². The summed E-state index contributed by atoms with van der Waals surface area (Å²) >= 11 is 18.5. The summed E-state index contributed by atoms with van der Waals surface area (Å²) in [5.41, 5.74) is 2.64. The van der Waals surface area contributed by atoms with Crippen LogP contribution < -0.4 is 5.32 Å². The first kappa shape index (κ1) is 16.7. The molecule has 1 aliphatic carbocycles. The van der Waals surface area contributed by atoms with Crippen molar-refractivity contribution in [1.82, 2.24) is 0 Å². The minimum atomic E-state index is -0.459. The summed E-state index contributed by atoms with van der Waals surface area (Å²) in [7, 11) is 0. The van der Waals surface area contributed by atoms with Crippen LogP contribution in [0.4, 0.5) is 11.4 Å². The van der Waals surface area contributed by atoms with Crippen LogP contribution >= 0.6 is 34.8 Å². The van der Waals surface area contributed by atoms with E-state index in [0.717, 1.165) is 23.2 Å². The highest BCUT2D eigenvalue weighted by Crippen LogP contribution is 2.52. The average Bonchev–Trinajstić information content (AvgIpc) is 3.04. The minimum absolute atomic E-state index is 0.0866. The lowest BCUT2D eigenvalue weighted by atomic mass is 9.77. The Hall–Kier alpha value is -1.75. The molecule has 7 heteroatoms. The maximum atomic E-state index is 11.2. The number of rotatable bonds is 2. The lowest BCUT2D eigenvalue weighted by Crippen LogP contribution is -2.29. The highest BCUT2D eigenvalue weighted by atomic mass is 35.5. The van der Waals surface area contributed by atoms with Crippen LogP contribution in [0.15, 0.2) is 42.5 Å². The maximum Gasteiger partial charge on any atom is 0.288 e. The first-order valence-corrected chi connectivity index (χ1v) is 8.95. The standard InChI is InChI=1S/C18H13Cl3N2O2/c19-10-7-13-11-2-1-3-12(11)17(22-18(13)15(21)8-10)9-4-5-14(20)16(6-9)23(24)25/h1-2,4-8,11-12,17,22H,3H2/t11-,12-,17+/m1/s1. The van der Waals surface area contributed by atoms with Crippen LogP contribution in [0.1, 0.15) is 29.5 Å². The van der Waals surface area contributed by atoms with Gasteiger partial charge in [0, 0.05) is 17.0 Å². The Kier molecular flexibility index (Phi) is 4.14. The Bertz CT molecular complexity index is 913. The van der Waals surface area contributed by atoms with E-state index in [1.54, 1.807) is 18.2 Å². The number of anilines is 1. The second-order valence-electron chi connectivity index (χ2n) is 6.30. The van der Waals surface area contributed by atoms with Crippen molar-refractivity contribution in [1.29, 1.82) is 0 Å². The smallest absolute Gasteiger partial charge is 0.288 e. The predicted molar refractivity (Wildman–Crippen MR) is 101 cm³/mol. The van der Waals surface area contributed by atoms with Gasteiger partial charge in [-0.05, 0) is 41.7 Å². The zero-order chi connectivity index (χ0) is 17.7. The minimum Gasteiger partial charge on any atom is -0.376 e. The van der Waals surface area contributed by atoms with E-state index in [0.29, 0.717) is 10.0 Å². The van der Waals surface area contributed by atoms with Crippen molar-refractivity contribution >= 4 is 46.2 Å². The van der Waals surface area contributed by atoms with Gasteiger partial charge in [-0.3, -0.25) is 10.1 Å². The van der Waals surface area contributed by atoms with E-state index in [1.165, 1.54) is 0 Å². The Balaban J connectivity index is 1.82. The highest BCUT2D eigenvalue weighted by molar-refractivity contribution is 6.36. The van der Waals surface area contributed by atoms with Crippen molar-refractivity contribution < 1.29 is 4.92 Å². The van der Waals surface area contributed by atoms with Gasteiger partial charge in [-0.15, -0.1) is 0 Å². The first-order valence-electron chi connectivity index (χ1n) is 7.81. The molecule has 2 aromatic carbocycles. The van der Waals surface area contributed by atoms with Gasteiger partial charge >= 0.3 is 0 Å². The summed E-state index contributed by atoms with van der Waals surface area (Å²) in [6.45, 7) is 0. The lowest BCUT2D eigenvalue weighted by molar-refractivity contribution is -0.384. The van der Waals surface area contributed by atoms with Gasteiger partial charge in [-0.25, -0.2) is 0 Å². The topological polar surface area (TPSA) is 55.2 Å². The van der Waals surface area contributed by atoms with Crippen LogP contribution in [-0.4, -0.2) is 4.92 Å². The zero-order valence-electron chi connectivity index (χ0n) is 12.9. The fourth-order valence-electron chi connectivity index (χ4n) is 3.81. The normalized spacial score (nSPS) is 23.7. The molecule has 128 valence electrons. The van der Waals surface area contributed by atoms with Crippen molar-refractivity contribution in [2.24, 2.45) is 5.92 Å². The van der Waals surface area contributed by atoms with Crippen LogP contribution in [0.25, 0.3) is 0 Å². The third kappa shape index (κ3) is 2.78. The van der Waals surface area contributed by atoms with Crippen LogP contribution in [0.5, 0.6) is 0 Å². The van der Waals surface area contributed by atoms with Gasteiger partial charge in [-0.2, -0.15) is 0 Å². The van der Waals surface area contributed by atoms with Crippen molar-refractivity contribution in [3.63, 3.8) is 0 Å². The van der Waals surface area contributed by atoms with E-state index in [2.05, 4.69) is 17.5 Å². The van der Waals surface area contributed by atoms with E-state index < -0.39 is 4.92 Å². The van der Waals surface area contributed by atoms with Gasteiger partial charge in [-0.1, -0.05) is 53.0 Å². The molecule has 4 nitrogen and oxygen atoms in total. The number of fused-ring (bicyclic) bond motifs is 3. The third-order valence-electron chi connectivity index (χ3n) is 4.91. The number of nitrogens with one attached hydrogen (secondary N) is 1. The second kappa shape index (κ2) is 6.20. The molecule has 4 rings (SSSR count). The number of allylic oxidation sites excluding steroid dienone is 2. The third-order valence-corrected chi connectivity index (χ3v) is 5.75. The molecule has 0 saturated carbocycles. The molecule has 2 aromatic rings. The number of nitro groups is 1. The number of hydrogen-bond donors (Lipinski definition) is 1. The summed E-state index contributed by atoms with van der Waals surface area (Å²) in [6, 6.07) is 8.50. The van der Waals surface area contributed by atoms with E-state index in [4.69, 9.17) is 34.8 Å². The number of halogens is 3. The van der Waals surface area contributed by atoms with Crippen molar-refractivity contribution in [2.45, 2.75) is 18.4 Å². The summed E-state index contributed by atoms with van der Waals surface area (Å²) in [5, 5.41) is 16.0. The first-order chi connectivity index (χ1) is 12.0. The summed E-state index contributed by atoms with van der Waals surface area (Å²) < 4.78 is 0. The van der Waals surface area contributed by atoms with E-state index in [9.17, 15) is 10.1 Å². The summed E-state index contributed by atoms with van der Waals surface area (Å²) in [4.78, 5) is 10.8. The van der Waals surface area contributed by atoms with E-state index in [-0.39, 0.29) is 28.6 Å². The molecule has 1 N–H and O–H groups in total. The molecular weight excluding hydrogens is 383 g/mol. The average molecular weight is 396 g/mol. The molecule has 0 unspecified atom stereocenters. The molecule has 0 bridgehead atoms. The Morgan fingerprint density at radius 2 is 1.92 bits per heavy atom. The molecule has 25 heavy (non-hydrogen) atoms. The van der Waals surface area contributed by atoms with Gasteiger partial charge < -0.3 is 5.32 Å². The second-order valence-corrected chi connectivity index (χ2v) is 7.55. The number of nitro benzene ring substituents is 1. The number of hydrogen-bond acceptors (Lipinski definition) is 3. The molecule has 1 heterocycles. The monoisotopic (exact) mass is 394 g/mol. The van der Waals surface area contributed by atoms with E-state index in [1.807, 2.05) is 12.1 Å². The zero-order valence-corrected chi connectivity index (χ0v) is 15.1. The van der Waals surface area contributed by atoms with Gasteiger partial charge in [0.15, 0.2) is 0 Å². The molecule has 2 aliphatic rings. The molecule has 0 amide bonds. The summed E-state index contributed by atoms with van der Waals surface area (Å²) in [6.07, 6.45) is 5.18. The Labute approximate surface area is 159 Å². The van der Waals surface area contributed by atoms with Crippen molar-refractivity contribution in [3.8, 4) is 0 Å². The molecule has 0 spiro atoms. The van der Waals surface area contributed by atoms with Gasteiger partial charge in [0.1, 0.15) is 5.02 Å².